The number of rotatable bonds is 19. The molecule has 7 rings (SSSR count). The highest BCUT2D eigenvalue weighted by Gasteiger charge is 2.32. The summed E-state index contributed by atoms with van der Waals surface area (Å²) >= 11 is 30.9. The molecule has 0 radical (unpaired) electrons. The number of thioether (sulfide) groups is 1. The van der Waals surface area contributed by atoms with Gasteiger partial charge in [0.2, 0.25) is 27.9 Å². The van der Waals surface area contributed by atoms with E-state index in [1.807, 2.05) is 77.9 Å². The molecule has 2 aliphatic heterocycles. The van der Waals surface area contributed by atoms with Crippen LogP contribution in [0.4, 0.5) is 33.3 Å². The molecule has 2 atom stereocenters. The van der Waals surface area contributed by atoms with Crippen molar-refractivity contribution in [2.24, 2.45) is 4.99 Å². The Balaban J connectivity index is 0.000000284. The zero-order valence-electron chi connectivity index (χ0n) is 47.6. The van der Waals surface area contributed by atoms with E-state index < -0.39 is 43.0 Å². The van der Waals surface area contributed by atoms with Gasteiger partial charge in [0.05, 0.1) is 60.8 Å². The van der Waals surface area contributed by atoms with E-state index in [0.29, 0.717) is 53.6 Å². The van der Waals surface area contributed by atoms with Gasteiger partial charge >= 0.3 is 24.4 Å². The number of benzene rings is 3. The van der Waals surface area contributed by atoms with Crippen LogP contribution in [0.25, 0.3) is 0 Å². The van der Waals surface area contributed by atoms with Gasteiger partial charge < -0.3 is 49.5 Å². The quantitative estimate of drug-likeness (QED) is 0.0194. The molecule has 2 amide bonds. The number of aliphatic carboxylic acids is 1. The average molecular weight is 1330 g/mol. The maximum Gasteiger partial charge on any atom is 0.339 e. The van der Waals surface area contributed by atoms with E-state index in [-0.39, 0.29) is 62.4 Å². The molecule has 464 valence electrons. The molecule has 2 aliphatic rings. The Kier molecular flexibility index (Phi) is 32.1. The number of alkyl halides is 3. The molecular weight excluding hydrogens is 1260 g/mol. The normalized spacial score (nSPS) is 13.8. The summed E-state index contributed by atoms with van der Waals surface area (Å²) in [6.07, 6.45) is 2.18. The lowest BCUT2D eigenvalue weighted by Gasteiger charge is -2.35. The number of nitrogens with one attached hydrogen (secondary N) is 3. The van der Waals surface area contributed by atoms with Crippen molar-refractivity contribution >= 4 is 141 Å². The summed E-state index contributed by atoms with van der Waals surface area (Å²) in [5, 5.41) is 16.5. The standard InChI is InChI=1S/C15H15ClFN3O3S2.C15H22ClNO2.C11H11Cl2NO2.C8H14ClN5.C3H8NO5P/c1-23-13(21)8-24-12-7-11(10(17)6-9(12)16)18-14-19-4-2-3-5-20(19)15(22)25-14;1-5-13-8-6-7-11(2)15(13)17(14(18)9-16)12(3)10-19-4;1-7-6-16-9-5-3-2-4-8(9)14(7)11(15)10(12)13;1-4-10-7-12-6(9)13-8(14-7)11-5(2)3;5-3(6)1-4-2-10(7,8)9/h6-7H,2-5,8H2,1H3;6-8,12H,5,9-10H2,1-4H3;2-5,7,10H,6H2,1H3;5H,4H2,1-3H3,(H2,10,11,12,13,14);4H,1-2H2,(H,5,6)(H2,7,8,9)/b18-14-;;;;. The minimum absolute atomic E-state index is 0.0223. The van der Waals surface area contributed by atoms with Crippen molar-refractivity contribution in [1.82, 2.24) is 29.6 Å². The topological polar surface area (TPSA) is 294 Å². The third kappa shape index (κ3) is 24.0. The monoisotopic (exact) mass is 1330 g/mol. The van der Waals surface area contributed by atoms with E-state index in [1.165, 1.54) is 13.2 Å². The Hall–Kier alpha value is -5.09. The second kappa shape index (κ2) is 36.8. The van der Waals surface area contributed by atoms with Crippen molar-refractivity contribution in [2.75, 3.05) is 78.9 Å². The van der Waals surface area contributed by atoms with E-state index in [2.05, 4.69) is 53.6 Å². The predicted molar refractivity (Wildman–Crippen MR) is 330 cm³/mol. The van der Waals surface area contributed by atoms with Crippen LogP contribution in [0.5, 0.6) is 5.75 Å². The number of nitrogens with zero attached hydrogens (tertiary/aromatic N) is 8. The van der Waals surface area contributed by atoms with Crippen LogP contribution in [-0.2, 0) is 52.7 Å². The van der Waals surface area contributed by atoms with Gasteiger partial charge in [-0.25, -0.2) is 14.1 Å². The number of carboxylic acid groups (broad SMARTS) is 1. The Morgan fingerprint density at radius 1 is 1.00 bits per heavy atom. The highest BCUT2D eigenvalue weighted by molar-refractivity contribution is 8.00. The van der Waals surface area contributed by atoms with Crippen molar-refractivity contribution < 1.29 is 57.2 Å². The summed E-state index contributed by atoms with van der Waals surface area (Å²) in [5.41, 5.74) is 4.01. The molecule has 32 heteroatoms. The van der Waals surface area contributed by atoms with Crippen LogP contribution in [0.2, 0.25) is 10.3 Å². The molecule has 0 bridgehead atoms. The summed E-state index contributed by atoms with van der Waals surface area (Å²) in [5.74, 6) is -0.816. The fraction of sp³-hybridized carbons (Fsp3) is 0.481. The molecule has 0 aliphatic carbocycles. The Morgan fingerprint density at radius 2 is 1.67 bits per heavy atom. The second-order valence-electron chi connectivity index (χ2n) is 18.3. The largest absolute Gasteiger partial charge is 0.489 e. The van der Waals surface area contributed by atoms with E-state index in [9.17, 15) is 32.9 Å². The number of methoxy groups -OCH3 is 2. The number of fused-ring (bicyclic) bond motifs is 2. The first-order chi connectivity index (χ1) is 39.7. The lowest BCUT2D eigenvalue weighted by atomic mass is 10.0. The van der Waals surface area contributed by atoms with Crippen LogP contribution < -0.4 is 40.2 Å². The van der Waals surface area contributed by atoms with Crippen LogP contribution in [0, 0.1) is 12.7 Å². The van der Waals surface area contributed by atoms with Crippen molar-refractivity contribution in [1.29, 1.82) is 0 Å². The zero-order chi connectivity index (χ0) is 62.8. The van der Waals surface area contributed by atoms with E-state index in [4.69, 9.17) is 82.4 Å². The Morgan fingerprint density at radius 3 is 2.26 bits per heavy atom. The minimum Gasteiger partial charge on any atom is -0.489 e. The third-order valence-corrected chi connectivity index (χ3v) is 15.0. The van der Waals surface area contributed by atoms with Crippen molar-refractivity contribution in [2.45, 2.75) is 109 Å². The minimum atomic E-state index is -4.10. The van der Waals surface area contributed by atoms with E-state index in [0.717, 1.165) is 77.5 Å². The van der Waals surface area contributed by atoms with Crippen molar-refractivity contribution in [3.8, 4) is 5.75 Å². The molecule has 23 nitrogen and oxygen atoms in total. The maximum atomic E-state index is 14.3. The molecule has 0 saturated carbocycles. The number of hydrogen-bond donors (Lipinski definition) is 6. The summed E-state index contributed by atoms with van der Waals surface area (Å²) in [4.78, 5) is 93.0. The van der Waals surface area contributed by atoms with Crippen LogP contribution in [-0.4, -0.2) is 144 Å². The number of carboxylic acids is 1. The highest BCUT2D eigenvalue weighted by atomic mass is 35.5. The molecular formula is C52H70Cl5FN11O12PS2. The molecule has 84 heavy (non-hydrogen) atoms. The lowest BCUT2D eigenvalue weighted by molar-refractivity contribution is -0.137. The third-order valence-electron chi connectivity index (χ3n) is 11.3. The summed E-state index contributed by atoms with van der Waals surface area (Å²) in [7, 11) is -1.16. The number of carbonyl (C=O) groups is 4. The van der Waals surface area contributed by atoms with E-state index >= 15 is 0 Å². The van der Waals surface area contributed by atoms with Gasteiger partial charge in [-0.1, -0.05) is 72.1 Å². The molecule has 4 heterocycles. The van der Waals surface area contributed by atoms with Gasteiger partial charge in [-0.2, -0.15) is 15.0 Å². The highest BCUT2D eigenvalue weighted by Crippen LogP contribution is 2.36. The lowest BCUT2D eigenvalue weighted by Crippen LogP contribution is -2.47. The fourth-order valence-corrected chi connectivity index (χ4v) is 10.6. The van der Waals surface area contributed by atoms with Crippen LogP contribution in [0.3, 0.4) is 0 Å². The second-order valence-corrected chi connectivity index (χ2v) is 24.0. The molecule has 0 fully saturated rings. The number of anilines is 4. The number of esters is 1. The number of halogens is 6. The molecule has 0 spiro atoms. The predicted octanol–water partition coefficient (Wildman–Crippen LogP) is 9.14. The number of para-hydroxylation sites is 3. The summed E-state index contributed by atoms with van der Waals surface area (Å²) in [6.45, 7) is 16.5. The Labute approximate surface area is 519 Å². The number of hydrogen-bond acceptors (Lipinski definition) is 18. The van der Waals surface area contributed by atoms with Crippen molar-refractivity contribution in [3.05, 3.63) is 96.3 Å². The summed E-state index contributed by atoms with van der Waals surface area (Å²) in [6, 6.07) is 16.2. The molecule has 2 unspecified atom stereocenters. The van der Waals surface area contributed by atoms with Gasteiger partial charge in [0, 0.05) is 37.7 Å². The molecule has 0 saturated heterocycles. The molecule has 6 N–H and O–H groups in total. The number of carbonyl (C=O) groups excluding carboxylic acids is 3. The SMILES string of the molecule is CC1COc2ccccc2N1C(=O)C(Cl)Cl.CCNc1nc(Cl)nc(NC(C)C)n1.CCc1cccc(C)c1N(C(=O)CCl)C(C)COC.COC(=O)CSc1cc(/N=c2\sc(=O)n3n2CCCC3)c(F)cc1Cl.O=C(O)CNCP(=O)(O)O. The number of ether oxygens (including phenoxy) is 3. The van der Waals surface area contributed by atoms with Gasteiger partial charge in [-0.15, -0.1) is 23.4 Å². The summed E-state index contributed by atoms with van der Waals surface area (Å²) < 4.78 is 43.0. The Bertz CT molecular complexity index is 3160. The van der Waals surface area contributed by atoms with Crippen LogP contribution in [0.15, 0.2) is 69.3 Å². The van der Waals surface area contributed by atoms with Gasteiger partial charge in [-0.05, 0) is 119 Å². The number of amides is 2. The molecule has 3 aromatic carbocycles. The van der Waals surface area contributed by atoms with Gasteiger partial charge in [-0.3, -0.25) is 38.5 Å². The van der Waals surface area contributed by atoms with Gasteiger partial charge in [0.1, 0.15) is 29.7 Å². The molecule has 2 aromatic heterocycles. The van der Waals surface area contributed by atoms with Crippen LogP contribution in [0.1, 0.15) is 65.5 Å². The van der Waals surface area contributed by atoms with Gasteiger partial charge in [0.15, 0.2) is 4.84 Å². The first-order valence-electron chi connectivity index (χ1n) is 25.9. The fourth-order valence-electron chi connectivity index (χ4n) is 7.71. The average Bonchev–Trinajstić information content (AvgIpc) is 3.06. The first kappa shape index (κ1) is 73.2. The van der Waals surface area contributed by atoms with Crippen LogP contribution >= 0.6 is 88.7 Å². The smallest absolute Gasteiger partial charge is 0.339 e. The first-order valence-corrected chi connectivity index (χ1v) is 31.7. The zero-order valence-corrected chi connectivity index (χ0v) is 53.9. The molecule has 5 aromatic rings. The maximum absolute atomic E-state index is 14.3. The van der Waals surface area contributed by atoms with E-state index in [1.54, 1.807) is 26.3 Å². The van der Waals surface area contributed by atoms with Crippen molar-refractivity contribution in [3.63, 3.8) is 0 Å². The number of aromatic nitrogens is 5. The van der Waals surface area contributed by atoms with Gasteiger partial charge in [0.25, 0.3) is 5.91 Å². The number of aryl methyl sites for hydroxylation is 2.